The maximum atomic E-state index is 5.72. The number of hydrogen-bond acceptors (Lipinski definition) is 6. The minimum absolute atomic E-state index is 0.106. The van der Waals surface area contributed by atoms with Crippen molar-refractivity contribution < 1.29 is 9.15 Å². The monoisotopic (exact) mass is 254 g/mol. The van der Waals surface area contributed by atoms with Crippen molar-refractivity contribution in [2.24, 2.45) is 0 Å². The molecule has 1 saturated heterocycles. The Bertz CT molecular complexity index is 348. The normalized spacial score (nSPS) is 18.7. The standard InChI is InChI=1S/C12H22N4O2/c1-3-5-13-10(2)11-14-15-12(18-11)16-6-4-8-17-9-7-16/h10,13H,3-9H2,1-2H3. The molecule has 1 aliphatic rings. The van der Waals surface area contributed by atoms with Gasteiger partial charge in [-0.15, -0.1) is 5.10 Å². The van der Waals surface area contributed by atoms with Crippen molar-refractivity contribution in [1.82, 2.24) is 15.5 Å². The molecule has 0 amide bonds. The van der Waals surface area contributed by atoms with Crippen LogP contribution in [0.3, 0.4) is 0 Å². The number of rotatable bonds is 5. The molecule has 0 spiro atoms. The largest absolute Gasteiger partial charge is 0.406 e. The maximum Gasteiger partial charge on any atom is 0.318 e. The number of ether oxygens (including phenoxy) is 1. The first kappa shape index (κ1) is 13.3. The maximum absolute atomic E-state index is 5.72. The summed E-state index contributed by atoms with van der Waals surface area (Å²) >= 11 is 0. The molecule has 18 heavy (non-hydrogen) atoms. The van der Waals surface area contributed by atoms with E-state index in [0.717, 1.165) is 45.7 Å². The fraction of sp³-hybridized carbons (Fsp3) is 0.833. The average molecular weight is 254 g/mol. The van der Waals surface area contributed by atoms with Crippen LogP contribution in [-0.2, 0) is 4.74 Å². The van der Waals surface area contributed by atoms with E-state index in [0.29, 0.717) is 11.9 Å². The van der Waals surface area contributed by atoms with Crippen LogP contribution in [0.4, 0.5) is 6.01 Å². The summed E-state index contributed by atoms with van der Waals surface area (Å²) in [7, 11) is 0. The molecule has 102 valence electrons. The van der Waals surface area contributed by atoms with Crippen molar-refractivity contribution in [3.8, 4) is 0 Å². The van der Waals surface area contributed by atoms with E-state index in [1.54, 1.807) is 0 Å². The lowest BCUT2D eigenvalue weighted by Gasteiger charge is -2.15. The van der Waals surface area contributed by atoms with Crippen molar-refractivity contribution in [2.75, 3.05) is 37.7 Å². The minimum Gasteiger partial charge on any atom is -0.406 e. The highest BCUT2D eigenvalue weighted by atomic mass is 16.5. The summed E-state index contributed by atoms with van der Waals surface area (Å²) in [4.78, 5) is 2.09. The fourth-order valence-electron chi connectivity index (χ4n) is 1.91. The highest BCUT2D eigenvalue weighted by Gasteiger charge is 2.18. The second-order valence-electron chi connectivity index (χ2n) is 4.55. The van der Waals surface area contributed by atoms with Gasteiger partial charge in [-0.3, -0.25) is 0 Å². The number of nitrogens with zero attached hydrogens (tertiary/aromatic N) is 3. The summed E-state index contributed by atoms with van der Waals surface area (Å²) in [6, 6.07) is 0.718. The lowest BCUT2D eigenvalue weighted by molar-refractivity contribution is 0.152. The Morgan fingerprint density at radius 2 is 2.22 bits per heavy atom. The Morgan fingerprint density at radius 1 is 1.33 bits per heavy atom. The van der Waals surface area contributed by atoms with Crippen LogP contribution >= 0.6 is 0 Å². The molecule has 0 bridgehead atoms. The molecule has 2 rings (SSSR count). The second-order valence-corrected chi connectivity index (χ2v) is 4.55. The highest BCUT2D eigenvalue weighted by molar-refractivity contribution is 5.24. The summed E-state index contributed by atoms with van der Waals surface area (Å²) in [5.74, 6) is 0.656. The van der Waals surface area contributed by atoms with Gasteiger partial charge in [0.2, 0.25) is 5.89 Å². The van der Waals surface area contributed by atoms with Gasteiger partial charge in [0.05, 0.1) is 12.6 Å². The Kier molecular flexibility index (Phi) is 4.95. The Morgan fingerprint density at radius 3 is 3.06 bits per heavy atom. The third kappa shape index (κ3) is 3.43. The van der Waals surface area contributed by atoms with Crippen LogP contribution in [0.25, 0.3) is 0 Å². The van der Waals surface area contributed by atoms with E-state index in [-0.39, 0.29) is 6.04 Å². The number of aromatic nitrogens is 2. The van der Waals surface area contributed by atoms with Crippen LogP contribution in [0.5, 0.6) is 0 Å². The van der Waals surface area contributed by atoms with Crippen LogP contribution in [0.15, 0.2) is 4.42 Å². The van der Waals surface area contributed by atoms with Gasteiger partial charge in [0.25, 0.3) is 0 Å². The van der Waals surface area contributed by atoms with Crippen LogP contribution in [-0.4, -0.2) is 43.0 Å². The summed E-state index contributed by atoms with van der Waals surface area (Å²) in [6.07, 6.45) is 2.09. The van der Waals surface area contributed by atoms with E-state index in [2.05, 4.69) is 27.3 Å². The van der Waals surface area contributed by atoms with Gasteiger partial charge >= 0.3 is 6.01 Å². The SMILES string of the molecule is CCCNC(C)c1nnc(N2CCCOCC2)o1. The molecular formula is C12H22N4O2. The summed E-state index contributed by atoms with van der Waals surface area (Å²) in [6.45, 7) is 8.40. The van der Waals surface area contributed by atoms with Gasteiger partial charge in [-0.25, -0.2) is 0 Å². The molecule has 0 aromatic carbocycles. The second kappa shape index (κ2) is 6.70. The zero-order chi connectivity index (χ0) is 12.8. The molecule has 6 nitrogen and oxygen atoms in total. The van der Waals surface area contributed by atoms with Crippen molar-refractivity contribution >= 4 is 6.01 Å². The molecule has 1 fully saturated rings. The predicted molar refractivity (Wildman–Crippen MR) is 68.7 cm³/mol. The fourth-order valence-corrected chi connectivity index (χ4v) is 1.91. The zero-order valence-corrected chi connectivity index (χ0v) is 11.2. The molecule has 2 heterocycles. The van der Waals surface area contributed by atoms with Crippen LogP contribution in [0.1, 0.15) is 38.6 Å². The van der Waals surface area contributed by atoms with Crippen molar-refractivity contribution in [1.29, 1.82) is 0 Å². The topological polar surface area (TPSA) is 63.4 Å². The van der Waals surface area contributed by atoms with Gasteiger partial charge in [-0.05, 0) is 26.3 Å². The molecule has 1 aromatic rings. The number of anilines is 1. The molecule has 1 unspecified atom stereocenters. The van der Waals surface area contributed by atoms with Gasteiger partial charge in [0.15, 0.2) is 0 Å². The Labute approximate surface area is 108 Å². The molecular weight excluding hydrogens is 232 g/mol. The smallest absolute Gasteiger partial charge is 0.318 e. The van der Waals surface area contributed by atoms with E-state index < -0.39 is 0 Å². The summed E-state index contributed by atoms with van der Waals surface area (Å²) in [5.41, 5.74) is 0. The van der Waals surface area contributed by atoms with Crippen LogP contribution in [0, 0.1) is 0 Å². The van der Waals surface area contributed by atoms with Crippen LogP contribution < -0.4 is 10.2 Å². The van der Waals surface area contributed by atoms with Crippen LogP contribution in [0.2, 0.25) is 0 Å². The van der Waals surface area contributed by atoms with Gasteiger partial charge in [-0.2, -0.15) is 0 Å². The highest BCUT2D eigenvalue weighted by Crippen LogP contribution is 2.18. The van der Waals surface area contributed by atoms with Gasteiger partial charge < -0.3 is 19.4 Å². The first-order chi connectivity index (χ1) is 8.81. The first-order valence-electron chi connectivity index (χ1n) is 6.70. The quantitative estimate of drug-likeness (QED) is 0.856. The van der Waals surface area contributed by atoms with E-state index in [9.17, 15) is 0 Å². The molecule has 1 aromatic heterocycles. The van der Waals surface area contributed by atoms with E-state index in [4.69, 9.17) is 9.15 Å². The van der Waals surface area contributed by atoms with Gasteiger partial charge in [0, 0.05) is 19.7 Å². The Hall–Kier alpha value is -1.14. The lowest BCUT2D eigenvalue weighted by atomic mass is 10.3. The molecule has 0 radical (unpaired) electrons. The average Bonchev–Trinajstić information content (AvgIpc) is 2.72. The predicted octanol–water partition coefficient (Wildman–Crippen LogP) is 1.36. The number of nitrogens with one attached hydrogen (secondary N) is 1. The van der Waals surface area contributed by atoms with Crippen molar-refractivity contribution in [2.45, 2.75) is 32.7 Å². The first-order valence-corrected chi connectivity index (χ1v) is 6.70. The lowest BCUT2D eigenvalue weighted by Crippen LogP contribution is -2.26. The van der Waals surface area contributed by atoms with Gasteiger partial charge in [0.1, 0.15) is 0 Å². The molecule has 0 aliphatic carbocycles. The third-order valence-electron chi connectivity index (χ3n) is 2.99. The molecule has 1 atom stereocenters. The summed E-state index contributed by atoms with van der Waals surface area (Å²) < 4.78 is 11.1. The van der Waals surface area contributed by atoms with Crippen molar-refractivity contribution in [3.63, 3.8) is 0 Å². The summed E-state index contributed by atoms with van der Waals surface area (Å²) in [5, 5.41) is 11.6. The van der Waals surface area contributed by atoms with Crippen molar-refractivity contribution in [3.05, 3.63) is 5.89 Å². The molecule has 0 saturated carbocycles. The Balaban J connectivity index is 1.95. The molecule has 1 aliphatic heterocycles. The van der Waals surface area contributed by atoms with E-state index in [1.165, 1.54) is 0 Å². The molecule has 6 heteroatoms. The van der Waals surface area contributed by atoms with Gasteiger partial charge in [-0.1, -0.05) is 12.0 Å². The zero-order valence-electron chi connectivity index (χ0n) is 11.2. The van der Waals surface area contributed by atoms with E-state index >= 15 is 0 Å². The molecule has 1 N–H and O–H groups in total. The number of hydrogen-bond donors (Lipinski definition) is 1. The minimum atomic E-state index is 0.106. The van der Waals surface area contributed by atoms with E-state index in [1.807, 2.05) is 6.92 Å². The third-order valence-corrected chi connectivity index (χ3v) is 2.99.